The first-order valence-electron chi connectivity index (χ1n) is 9.48. The molecule has 27 heavy (non-hydrogen) atoms. The SMILES string of the molecule is COC(=O)c1c(NC(=O)N2C[C@@H]3CCC[C@@]3(C(=O)O)C2)sc2c1CCCC2. The number of hydrogen-bond donors (Lipinski definition) is 2. The molecule has 2 amide bonds. The molecule has 1 aromatic heterocycles. The maximum Gasteiger partial charge on any atom is 0.341 e. The van der Waals surface area contributed by atoms with E-state index in [1.807, 2.05) is 0 Å². The number of ether oxygens (including phenoxy) is 1. The van der Waals surface area contributed by atoms with Crippen molar-refractivity contribution in [2.24, 2.45) is 11.3 Å². The van der Waals surface area contributed by atoms with E-state index in [0.717, 1.165) is 49.0 Å². The Kier molecular flexibility index (Phi) is 4.61. The van der Waals surface area contributed by atoms with Crippen LogP contribution in [0, 0.1) is 11.3 Å². The van der Waals surface area contributed by atoms with Crippen molar-refractivity contribution in [1.29, 1.82) is 0 Å². The lowest BCUT2D eigenvalue weighted by Crippen LogP contribution is -2.38. The van der Waals surface area contributed by atoms with E-state index < -0.39 is 17.4 Å². The van der Waals surface area contributed by atoms with E-state index in [4.69, 9.17) is 4.74 Å². The zero-order chi connectivity index (χ0) is 19.2. The summed E-state index contributed by atoms with van der Waals surface area (Å²) in [6.07, 6.45) is 6.20. The van der Waals surface area contributed by atoms with Crippen LogP contribution in [-0.2, 0) is 22.4 Å². The molecule has 0 unspecified atom stereocenters. The van der Waals surface area contributed by atoms with Crippen LogP contribution in [0.2, 0.25) is 0 Å². The van der Waals surface area contributed by atoms with Crippen LogP contribution >= 0.6 is 11.3 Å². The van der Waals surface area contributed by atoms with E-state index in [-0.39, 0.29) is 18.5 Å². The first kappa shape index (κ1) is 18.3. The number of esters is 1. The van der Waals surface area contributed by atoms with Crippen LogP contribution in [0.4, 0.5) is 9.80 Å². The van der Waals surface area contributed by atoms with Crippen LogP contribution in [-0.4, -0.2) is 48.2 Å². The molecule has 4 rings (SSSR count). The van der Waals surface area contributed by atoms with Gasteiger partial charge in [0.2, 0.25) is 0 Å². The van der Waals surface area contributed by atoms with E-state index in [0.29, 0.717) is 23.5 Å². The number of thiophene rings is 1. The highest BCUT2D eigenvalue weighted by atomic mass is 32.1. The lowest BCUT2D eigenvalue weighted by Gasteiger charge is -2.23. The molecule has 7 nitrogen and oxygen atoms in total. The summed E-state index contributed by atoms with van der Waals surface area (Å²) < 4.78 is 4.94. The molecule has 8 heteroatoms. The van der Waals surface area contributed by atoms with Gasteiger partial charge in [-0.15, -0.1) is 11.3 Å². The largest absolute Gasteiger partial charge is 0.481 e. The van der Waals surface area contributed by atoms with Gasteiger partial charge in [-0.25, -0.2) is 9.59 Å². The number of carbonyl (C=O) groups excluding carboxylic acids is 2. The van der Waals surface area contributed by atoms with E-state index in [1.54, 1.807) is 4.90 Å². The molecule has 0 aromatic carbocycles. The Balaban J connectivity index is 1.56. The summed E-state index contributed by atoms with van der Waals surface area (Å²) in [6.45, 7) is 0.689. The highest BCUT2D eigenvalue weighted by Gasteiger charge is 2.55. The van der Waals surface area contributed by atoms with Gasteiger partial charge in [0.15, 0.2) is 0 Å². The molecule has 0 radical (unpaired) electrons. The van der Waals surface area contributed by atoms with Crippen molar-refractivity contribution in [2.75, 3.05) is 25.5 Å². The normalized spacial score (nSPS) is 26.4. The fraction of sp³-hybridized carbons (Fsp3) is 0.632. The summed E-state index contributed by atoms with van der Waals surface area (Å²) >= 11 is 1.44. The number of carbonyl (C=O) groups is 3. The lowest BCUT2D eigenvalue weighted by atomic mass is 9.81. The quantitative estimate of drug-likeness (QED) is 0.771. The van der Waals surface area contributed by atoms with Gasteiger partial charge in [0.25, 0.3) is 0 Å². The summed E-state index contributed by atoms with van der Waals surface area (Å²) in [5.74, 6) is -1.22. The molecule has 3 aliphatic rings. The Bertz CT molecular complexity index is 804. The Morgan fingerprint density at radius 3 is 2.74 bits per heavy atom. The predicted octanol–water partition coefficient (Wildman–Crippen LogP) is 3.13. The van der Waals surface area contributed by atoms with Crippen molar-refractivity contribution >= 4 is 34.3 Å². The first-order valence-corrected chi connectivity index (χ1v) is 10.3. The van der Waals surface area contributed by atoms with Gasteiger partial charge in [-0.3, -0.25) is 10.1 Å². The van der Waals surface area contributed by atoms with E-state index in [9.17, 15) is 19.5 Å². The number of nitrogens with zero attached hydrogens (tertiary/aromatic N) is 1. The Morgan fingerprint density at radius 2 is 2.04 bits per heavy atom. The number of urea groups is 1. The average Bonchev–Trinajstić information content (AvgIpc) is 3.31. The third-order valence-electron chi connectivity index (χ3n) is 6.37. The molecule has 1 saturated heterocycles. The van der Waals surface area contributed by atoms with Gasteiger partial charge in [-0.2, -0.15) is 0 Å². The number of carboxylic acid groups (broad SMARTS) is 1. The number of carboxylic acids is 1. The molecule has 2 atom stereocenters. The van der Waals surface area contributed by atoms with Crippen LogP contribution in [0.1, 0.15) is 52.9 Å². The first-order chi connectivity index (χ1) is 13.0. The highest BCUT2D eigenvalue weighted by molar-refractivity contribution is 7.17. The minimum atomic E-state index is -0.808. The molecule has 1 aliphatic heterocycles. The molecule has 1 saturated carbocycles. The maximum atomic E-state index is 12.9. The minimum Gasteiger partial charge on any atom is -0.481 e. The number of likely N-dealkylation sites (tertiary alicyclic amines) is 1. The summed E-state index contributed by atoms with van der Waals surface area (Å²) in [7, 11) is 1.35. The number of methoxy groups -OCH3 is 1. The van der Waals surface area contributed by atoms with E-state index in [2.05, 4.69) is 5.32 Å². The van der Waals surface area contributed by atoms with Crippen LogP contribution in [0.3, 0.4) is 0 Å². The second-order valence-corrected chi connectivity index (χ2v) is 8.87. The molecule has 146 valence electrons. The van der Waals surface area contributed by atoms with Crippen molar-refractivity contribution in [3.63, 3.8) is 0 Å². The monoisotopic (exact) mass is 392 g/mol. The molecular formula is C19H24N2O5S. The Labute approximate surface area is 161 Å². The third-order valence-corrected chi connectivity index (χ3v) is 7.57. The van der Waals surface area contributed by atoms with Crippen molar-refractivity contribution in [1.82, 2.24) is 4.90 Å². The predicted molar refractivity (Wildman–Crippen MR) is 100 cm³/mol. The fourth-order valence-electron chi connectivity index (χ4n) is 4.94. The fourth-order valence-corrected chi connectivity index (χ4v) is 6.21. The maximum absolute atomic E-state index is 12.9. The van der Waals surface area contributed by atoms with Crippen LogP contribution in [0.5, 0.6) is 0 Å². The van der Waals surface area contributed by atoms with Crippen molar-refractivity contribution < 1.29 is 24.2 Å². The van der Waals surface area contributed by atoms with Gasteiger partial charge in [-0.1, -0.05) is 6.42 Å². The number of nitrogens with one attached hydrogen (secondary N) is 1. The Morgan fingerprint density at radius 1 is 1.26 bits per heavy atom. The molecular weight excluding hydrogens is 368 g/mol. The second-order valence-electron chi connectivity index (χ2n) is 7.77. The number of fused-ring (bicyclic) bond motifs is 2. The summed E-state index contributed by atoms with van der Waals surface area (Å²) in [6, 6.07) is -0.325. The van der Waals surface area contributed by atoms with Gasteiger partial charge in [0, 0.05) is 18.0 Å². The topological polar surface area (TPSA) is 95.9 Å². The van der Waals surface area contributed by atoms with Crippen molar-refractivity contribution in [2.45, 2.75) is 44.9 Å². The van der Waals surface area contributed by atoms with E-state index in [1.165, 1.54) is 18.4 Å². The molecule has 2 N–H and O–H groups in total. The zero-order valence-corrected chi connectivity index (χ0v) is 16.2. The number of aliphatic carboxylic acids is 1. The van der Waals surface area contributed by atoms with Crippen LogP contribution in [0.15, 0.2) is 0 Å². The molecule has 2 heterocycles. The third kappa shape index (κ3) is 2.90. The molecule has 2 aliphatic carbocycles. The highest BCUT2D eigenvalue weighted by Crippen LogP contribution is 2.49. The van der Waals surface area contributed by atoms with Gasteiger partial charge >= 0.3 is 18.0 Å². The average molecular weight is 392 g/mol. The van der Waals surface area contributed by atoms with Gasteiger partial charge in [-0.05, 0) is 50.0 Å². The van der Waals surface area contributed by atoms with Gasteiger partial charge in [0.05, 0.1) is 18.1 Å². The van der Waals surface area contributed by atoms with E-state index >= 15 is 0 Å². The number of rotatable bonds is 3. The molecule has 1 aromatic rings. The van der Waals surface area contributed by atoms with Gasteiger partial charge < -0.3 is 14.7 Å². The van der Waals surface area contributed by atoms with Crippen LogP contribution in [0.25, 0.3) is 0 Å². The standard InChI is InChI=1S/C19H24N2O5S/c1-26-16(22)14-12-6-2-3-7-13(12)27-15(14)20-18(25)21-9-11-5-4-8-19(11,10-21)17(23)24/h11H,2-10H2,1H3,(H,20,25)(H,23,24)/t11-,19+/m0/s1. The van der Waals surface area contributed by atoms with Crippen molar-refractivity contribution in [3.05, 3.63) is 16.0 Å². The summed E-state index contributed by atoms with van der Waals surface area (Å²) in [5, 5.41) is 13.1. The van der Waals surface area contributed by atoms with Gasteiger partial charge in [0.1, 0.15) is 5.00 Å². The number of hydrogen-bond acceptors (Lipinski definition) is 5. The number of anilines is 1. The zero-order valence-electron chi connectivity index (χ0n) is 15.4. The second kappa shape index (κ2) is 6.82. The molecule has 0 spiro atoms. The smallest absolute Gasteiger partial charge is 0.341 e. The summed E-state index contributed by atoms with van der Waals surface area (Å²) in [4.78, 5) is 39.7. The van der Waals surface area contributed by atoms with Crippen molar-refractivity contribution in [3.8, 4) is 0 Å². The number of amides is 2. The van der Waals surface area contributed by atoms with Crippen LogP contribution < -0.4 is 5.32 Å². The molecule has 2 fully saturated rings. The minimum absolute atomic E-state index is 0.0115. The summed E-state index contributed by atoms with van der Waals surface area (Å²) in [5.41, 5.74) is 0.656. The Hall–Kier alpha value is -2.09. The lowest BCUT2D eigenvalue weighted by molar-refractivity contribution is -0.149. The molecule has 0 bridgehead atoms. The number of aryl methyl sites for hydroxylation is 1.